The normalized spacial score (nSPS) is 18.6. The first-order chi connectivity index (χ1) is 9.66. The monoisotopic (exact) mass is 297 g/mol. The van der Waals surface area contributed by atoms with Crippen LogP contribution in [0.5, 0.6) is 0 Å². The second-order valence-electron chi connectivity index (χ2n) is 5.65. The molecule has 3 nitrogen and oxygen atoms in total. The van der Waals surface area contributed by atoms with Crippen LogP contribution >= 0.6 is 11.6 Å². The standard InChI is InChI=1S/C16H24ClNO2/c1-12(13-6-4-7-13)18-9-15(19)11-20-10-14-5-2-3-8-16(14)17/h2-3,5,8,12-13,15,18-19H,4,6-7,9-11H2,1H3. The van der Waals surface area contributed by atoms with Crippen LogP contribution < -0.4 is 5.32 Å². The number of aliphatic hydroxyl groups is 1. The average Bonchev–Trinajstić information content (AvgIpc) is 2.37. The molecule has 1 aliphatic rings. The third-order valence-electron chi connectivity index (χ3n) is 4.06. The Morgan fingerprint density at radius 2 is 2.15 bits per heavy atom. The first-order valence-electron chi connectivity index (χ1n) is 7.39. The summed E-state index contributed by atoms with van der Waals surface area (Å²) in [7, 11) is 0. The van der Waals surface area contributed by atoms with Crippen LogP contribution in [0.25, 0.3) is 0 Å². The van der Waals surface area contributed by atoms with E-state index in [9.17, 15) is 5.11 Å². The third-order valence-corrected chi connectivity index (χ3v) is 4.43. The molecule has 1 fully saturated rings. The molecule has 1 saturated carbocycles. The predicted molar refractivity (Wildman–Crippen MR) is 81.9 cm³/mol. The minimum Gasteiger partial charge on any atom is -0.389 e. The molecule has 20 heavy (non-hydrogen) atoms. The van der Waals surface area contributed by atoms with Gasteiger partial charge in [0.25, 0.3) is 0 Å². The number of nitrogens with one attached hydrogen (secondary N) is 1. The van der Waals surface area contributed by atoms with Crippen molar-refractivity contribution in [2.45, 2.75) is 44.9 Å². The summed E-state index contributed by atoms with van der Waals surface area (Å²) in [4.78, 5) is 0. The van der Waals surface area contributed by atoms with Gasteiger partial charge in [-0.05, 0) is 37.3 Å². The molecule has 0 aromatic heterocycles. The summed E-state index contributed by atoms with van der Waals surface area (Å²) >= 11 is 6.04. The van der Waals surface area contributed by atoms with E-state index >= 15 is 0 Å². The van der Waals surface area contributed by atoms with Gasteiger partial charge < -0.3 is 15.2 Å². The van der Waals surface area contributed by atoms with E-state index in [1.165, 1.54) is 19.3 Å². The molecule has 1 aromatic rings. The number of halogens is 1. The molecule has 2 unspecified atom stereocenters. The molecule has 0 aliphatic heterocycles. The molecule has 0 saturated heterocycles. The Balaban J connectivity index is 1.60. The van der Waals surface area contributed by atoms with Crippen LogP contribution in [0.1, 0.15) is 31.7 Å². The topological polar surface area (TPSA) is 41.5 Å². The molecule has 0 amide bonds. The Kier molecular flexibility index (Phi) is 6.30. The Labute approximate surface area is 126 Å². The van der Waals surface area contributed by atoms with Gasteiger partial charge in [-0.2, -0.15) is 0 Å². The van der Waals surface area contributed by atoms with Crippen molar-refractivity contribution >= 4 is 11.6 Å². The third kappa shape index (κ3) is 4.74. The van der Waals surface area contributed by atoms with Crippen LogP contribution in [0.2, 0.25) is 5.02 Å². The molecule has 0 spiro atoms. The van der Waals surface area contributed by atoms with Crippen molar-refractivity contribution in [1.29, 1.82) is 0 Å². The van der Waals surface area contributed by atoms with Gasteiger partial charge in [0.2, 0.25) is 0 Å². The maximum Gasteiger partial charge on any atom is 0.0897 e. The smallest absolute Gasteiger partial charge is 0.0897 e. The SMILES string of the molecule is CC(NCC(O)COCc1ccccc1Cl)C1CCC1. The van der Waals surface area contributed by atoms with E-state index in [4.69, 9.17) is 16.3 Å². The zero-order valence-electron chi connectivity index (χ0n) is 12.0. The van der Waals surface area contributed by atoms with Gasteiger partial charge in [0.05, 0.1) is 19.3 Å². The molecule has 0 heterocycles. The maximum atomic E-state index is 9.90. The summed E-state index contributed by atoms with van der Waals surface area (Å²) in [5.41, 5.74) is 0.956. The second kappa shape index (κ2) is 7.99. The minimum absolute atomic E-state index is 0.329. The Hall–Kier alpha value is -0.610. The Morgan fingerprint density at radius 1 is 1.40 bits per heavy atom. The van der Waals surface area contributed by atoms with Crippen LogP contribution in [-0.4, -0.2) is 30.4 Å². The van der Waals surface area contributed by atoms with Crippen LogP contribution in [0.4, 0.5) is 0 Å². The molecule has 1 aliphatic carbocycles. The maximum absolute atomic E-state index is 9.90. The number of hydrogen-bond acceptors (Lipinski definition) is 3. The van der Waals surface area contributed by atoms with E-state index in [0.29, 0.717) is 30.8 Å². The fourth-order valence-corrected chi connectivity index (χ4v) is 2.60. The lowest BCUT2D eigenvalue weighted by molar-refractivity contribution is 0.0261. The van der Waals surface area contributed by atoms with Crippen molar-refractivity contribution in [1.82, 2.24) is 5.32 Å². The highest BCUT2D eigenvalue weighted by molar-refractivity contribution is 6.31. The lowest BCUT2D eigenvalue weighted by Crippen LogP contribution is -2.41. The van der Waals surface area contributed by atoms with Gasteiger partial charge in [0, 0.05) is 17.6 Å². The van der Waals surface area contributed by atoms with Gasteiger partial charge in [-0.25, -0.2) is 0 Å². The first-order valence-corrected chi connectivity index (χ1v) is 7.77. The quantitative estimate of drug-likeness (QED) is 0.775. The lowest BCUT2D eigenvalue weighted by atomic mass is 9.80. The van der Waals surface area contributed by atoms with Crippen molar-refractivity contribution in [2.75, 3.05) is 13.2 Å². The van der Waals surface area contributed by atoms with Crippen molar-refractivity contribution in [3.8, 4) is 0 Å². The van der Waals surface area contributed by atoms with Crippen molar-refractivity contribution in [3.05, 3.63) is 34.9 Å². The molecule has 2 atom stereocenters. The van der Waals surface area contributed by atoms with Crippen molar-refractivity contribution < 1.29 is 9.84 Å². The average molecular weight is 298 g/mol. The zero-order chi connectivity index (χ0) is 14.4. The van der Waals surface area contributed by atoms with Gasteiger partial charge >= 0.3 is 0 Å². The van der Waals surface area contributed by atoms with E-state index in [1.54, 1.807) is 0 Å². The fraction of sp³-hybridized carbons (Fsp3) is 0.625. The highest BCUT2D eigenvalue weighted by Gasteiger charge is 2.23. The first kappa shape index (κ1) is 15.8. The lowest BCUT2D eigenvalue weighted by Gasteiger charge is -2.32. The highest BCUT2D eigenvalue weighted by atomic mass is 35.5. The number of ether oxygens (including phenoxy) is 1. The summed E-state index contributed by atoms with van der Waals surface area (Å²) in [6.45, 7) is 3.55. The molecule has 2 rings (SSSR count). The Morgan fingerprint density at radius 3 is 2.80 bits per heavy atom. The van der Waals surface area contributed by atoms with E-state index in [0.717, 1.165) is 11.5 Å². The number of benzene rings is 1. The summed E-state index contributed by atoms with van der Waals surface area (Å²) in [6.07, 6.45) is 3.50. The number of aliphatic hydroxyl groups excluding tert-OH is 1. The number of hydrogen-bond donors (Lipinski definition) is 2. The molecule has 112 valence electrons. The van der Waals surface area contributed by atoms with Gasteiger partial charge in [0.1, 0.15) is 0 Å². The zero-order valence-corrected chi connectivity index (χ0v) is 12.8. The van der Waals surface area contributed by atoms with E-state index in [2.05, 4.69) is 12.2 Å². The van der Waals surface area contributed by atoms with E-state index in [-0.39, 0.29) is 0 Å². The molecule has 2 N–H and O–H groups in total. The molecule has 0 radical (unpaired) electrons. The highest BCUT2D eigenvalue weighted by Crippen LogP contribution is 2.29. The summed E-state index contributed by atoms with van der Waals surface area (Å²) in [5.74, 6) is 0.784. The van der Waals surface area contributed by atoms with Gasteiger partial charge in [-0.3, -0.25) is 0 Å². The van der Waals surface area contributed by atoms with Crippen LogP contribution in [0.3, 0.4) is 0 Å². The number of rotatable bonds is 8. The fourth-order valence-electron chi connectivity index (χ4n) is 2.41. The van der Waals surface area contributed by atoms with Crippen molar-refractivity contribution in [2.24, 2.45) is 5.92 Å². The van der Waals surface area contributed by atoms with Crippen molar-refractivity contribution in [3.63, 3.8) is 0 Å². The van der Waals surface area contributed by atoms with Gasteiger partial charge in [0.15, 0.2) is 0 Å². The van der Waals surface area contributed by atoms with Gasteiger partial charge in [-0.15, -0.1) is 0 Å². The molecule has 0 bridgehead atoms. The molecular formula is C16H24ClNO2. The summed E-state index contributed by atoms with van der Waals surface area (Å²) < 4.78 is 5.52. The molecule has 1 aromatic carbocycles. The summed E-state index contributed by atoms with van der Waals surface area (Å²) in [5, 5.41) is 14.0. The van der Waals surface area contributed by atoms with E-state index < -0.39 is 6.10 Å². The van der Waals surface area contributed by atoms with E-state index in [1.807, 2.05) is 24.3 Å². The summed E-state index contributed by atoms with van der Waals surface area (Å²) in [6, 6.07) is 8.10. The largest absolute Gasteiger partial charge is 0.389 e. The van der Waals surface area contributed by atoms with Crippen LogP contribution in [-0.2, 0) is 11.3 Å². The molecular weight excluding hydrogens is 274 g/mol. The minimum atomic E-state index is -0.472. The van der Waals surface area contributed by atoms with Gasteiger partial charge in [-0.1, -0.05) is 36.2 Å². The Bertz CT molecular complexity index is 409. The van der Waals surface area contributed by atoms with Crippen LogP contribution in [0, 0.1) is 5.92 Å². The predicted octanol–water partition coefficient (Wildman–Crippen LogP) is 3.00. The van der Waals surface area contributed by atoms with Crippen LogP contribution in [0.15, 0.2) is 24.3 Å². The second-order valence-corrected chi connectivity index (χ2v) is 6.06. The molecule has 4 heteroatoms.